The molecule has 3 N–H and O–H groups in total. The summed E-state index contributed by atoms with van der Waals surface area (Å²) in [5.74, 6) is -0.948. The summed E-state index contributed by atoms with van der Waals surface area (Å²) in [6.45, 7) is 5.71. The van der Waals surface area contributed by atoms with E-state index in [0.717, 1.165) is 18.8 Å². The third kappa shape index (κ3) is 2.62. The van der Waals surface area contributed by atoms with Crippen molar-refractivity contribution in [2.24, 2.45) is 0 Å². The van der Waals surface area contributed by atoms with Gasteiger partial charge in [0.1, 0.15) is 0 Å². The molecule has 0 amide bonds. The smallest absolute Gasteiger partial charge is 0.335 e. The van der Waals surface area contributed by atoms with Gasteiger partial charge in [-0.1, -0.05) is 0 Å². The van der Waals surface area contributed by atoms with Crippen LogP contribution in [0.5, 0.6) is 0 Å². The van der Waals surface area contributed by atoms with Gasteiger partial charge >= 0.3 is 5.97 Å². The molecule has 0 saturated heterocycles. The summed E-state index contributed by atoms with van der Waals surface area (Å²) in [7, 11) is 0. The van der Waals surface area contributed by atoms with Crippen molar-refractivity contribution in [3.05, 3.63) is 23.8 Å². The topological polar surface area (TPSA) is 66.6 Å². The van der Waals surface area contributed by atoms with E-state index in [2.05, 4.69) is 4.90 Å². The van der Waals surface area contributed by atoms with Crippen molar-refractivity contribution < 1.29 is 9.90 Å². The molecule has 1 aromatic rings. The summed E-state index contributed by atoms with van der Waals surface area (Å²) in [6, 6.07) is 4.90. The van der Waals surface area contributed by atoms with Gasteiger partial charge < -0.3 is 15.7 Å². The van der Waals surface area contributed by atoms with Gasteiger partial charge in [0.15, 0.2) is 0 Å². The Labute approximate surface area is 89.3 Å². The lowest BCUT2D eigenvalue weighted by Gasteiger charge is -2.21. The van der Waals surface area contributed by atoms with E-state index in [-0.39, 0.29) is 5.56 Å². The molecule has 0 aliphatic heterocycles. The molecule has 4 nitrogen and oxygen atoms in total. The number of hydrogen-bond acceptors (Lipinski definition) is 3. The van der Waals surface area contributed by atoms with Gasteiger partial charge in [-0.05, 0) is 32.0 Å². The predicted octanol–water partition coefficient (Wildman–Crippen LogP) is 1.81. The second-order valence-corrected chi connectivity index (χ2v) is 3.29. The van der Waals surface area contributed by atoms with Crippen molar-refractivity contribution in [1.82, 2.24) is 0 Å². The molecule has 1 rings (SSSR count). The minimum Gasteiger partial charge on any atom is -0.478 e. The number of aromatic carboxylic acids is 1. The van der Waals surface area contributed by atoms with Gasteiger partial charge in [-0.25, -0.2) is 4.79 Å². The normalized spacial score (nSPS) is 10.0. The van der Waals surface area contributed by atoms with E-state index in [1.807, 2.05) is 13.8 Å². The van der Waals surface area contributed by atoms with Crippen LogP contribution in [0, 0.1) is 0 Å². The van der Waals surface area contributed by atoms with Crippen molar-refractivity contribution in [2.75, 3.05) is 23.7 Å². The Morgan fingerprint density at radius 2 is 1.93 bits per heavy atom. The molecule has 0 bridgehead atoms. The van der Waals surface area contributed by atoms with E-state index in [1.54, 1.807) is 12.1 Å². The summed E-state index contributed by atoms with van der Waals surface area (Å²) in [4.78, 5) is 12.9. The first-order valence-corrected chi connectivity index (χ1v) is 4.97. The number of carboxylic acid groups (broad SMARTS) is 1. The zero-order valence-electron chi connectivity index (χ0n) is 9.03. The Kier molecular flexibility index (Phi) is 3.55. The first kappa shape index (κ1) is 11.4. The summed E-state index contributed by atoms with van der Waals surface area (Å²) in [6.07, 6.45) is 0. The van der Waals surface area contributed by atoms with Crippen molar-refractivity contribution >= 4 is 17.3 Å². The molecule has 0 atom stereocenters. The molecule has 0 aromatic heterocycles. The molecular weight excluding hydrogens is 192 g/mol. The van der Waals surface area contributed by atoms with E-state index in [9.17, 15) is 4.79 Å². The SMILES string of the molecule is CCN(CC)c1cc(N)cc(C(=O)O)c1. The Hall–Kier alpha value is -1.71. The summed E-state index contributed by atoms with van der Waals surface area (Å²) < 4.78 is 0. The van der Waals surface area contributed by atoms with Crippen molar-refractivity contribution in [3.8, 4) is 0 Å². The first-order valence-electron chi connectivity index (χ1n) is 4.97. The molecular formula is C11H16N2O2. The maximum atomic E-state index is 10.8. The lowest BCUT2D eigenvalue weighted by Crippen LogP contribution is -2.22. The van der Waals surface area contributed by atoms with Gasteiger partial charge in [0.2, 0.25) is 0 Å². The van der Waals surface area contributed by atoms with Gasteiger partial charge in [0.25, 0.3) is 0 Å². The molecule has 15 heavy (non-hydrogen) atoms. The molecule has 0 radical (unpaired) electrons. The Morgan fingerprint density at radius 1 is 1.33 bits per heavy atom. The minimum atomic E-state index is -0.948. The monoisotopic (exact) mass is 208 g/mol. The number of carbonyl (C=O) groups is 1. The van der Waals surface area contributed by atoms with Crippen LogP contribution in [0.1, 0.15) is 24.2 Å². The molecule has 82 valence electrons. The van der Waals surface area contributed by atoms with Crippen molar-refractivity contribution in [3.63, 3.8) is 0 Å². The number of benzene rings is 1. The van der Waals surface area contributed by atoms with Crippen LogP contribution in [0.25, 0.3) is 0 Å². The second kappa shape index (κ2) is 4.68. The maximum Gasteiger partial charge on any atom is 0.335 e. The lowest BCUT2D eigenvalue weighted by atomic mass is 10.1. The zero-order valence-corrected chi connectivity index (χ0v) is 9.03. The highest BCUT2D eigenvalue weighted by atomic mass is 16.4. The van der Waals surface area contributed by atoms with Gasteiger partial charge in [0, 0.05) is 24.5 Å². The van der Waals surface area contributed by atoms with Crippen LogP contribution in [-0.2, 0) is 0 Å². The fourth-order valence-electron chi connectivity index (χ4n) is 1.53. The Morgan fingerprint density at radius 3 is 2.40 bits per heavy atom. The van der Waals surface area contributed by atoms with Crippen molar-refractivity contribution in [1.29, 1.82) is 0 Å². The van der Waals surface area contributed by atoms with Crippen LogP contribution in [0.2, 0.25) is 0 Å². The fraction of sp³-hybridized carbons (Fsp3) is 0.364. The number of nitrogens with two attached hydrogens (primary N) is 1. The Balaban J connectivity index is 3.13. The second-order valence-electron chi connectivity index (χ2n) is 3.29. The number of hydrogen-bond donors (Lipinski definition) is 2. The number of rotatable bonds is 4. The lowest BCUT2D eigenvalue weighted by molar-refractivity contribution is 0.0697. The molecule has 0 fully saturated rings. The van der Waals surface area contributed by atoms with E-state index in [1.165, 1.54) is 6.07 Å². The van der Waals surface area contributed by atoms with Gasteiger partial charge in [0.05, 0.1) is 5.56 Å². The molecule has 0 spiro atoms. The highest BCUT2D eigenvalue weighted by molar-refractivity contribution is 5.90. The number of nitrogen functional groups attached to an aromatic ring is 1. The average molecular weight is 208 g/mol. The van der Waals surface area contributed by atoms with Crippen LogP contribution in [0.15, 0.2) is 18.2 Å². The van der Waals surface area contributed by atoms with Crippen LogP contribution in [0.3, 0.4) is 0 Å². The average Bonchev–Trinajstić information content (AvgIpc) is 2.18. The van der Waals surface area contributed by atoms with Crippen LogP contribution >= 0.6 is 0 Å². The standard InChI is InChI=1S/C11H16N2O2/c1-3-13(4-2)10-6-8(11(14)15)5-9(12)7-10/h5-7H,3-4,12H2,1-2H3,(H,14,15). The summed E-state index contributed by atoms with van der Waals surface area (Å²) in [5, 5.41) is 8.89. The quantitative estimate of drug-likeness (QED) is 0.740. The van der Waals surface area contributed by atoms with Crippen molar-refractivity contribution in [2.45, 2.75) is 13.8 Å². The van der Waals surface area contributed by atoms with Gasteiger partial charge in [-0.3, -0.25) is 0 Å². The van der Waals surface area contributed by atoms with E-state index in [0.29, 0.717) is 5.69 Å². The predicted molar refractivity (Wildman–Crippen MR) is 61.4 cm³/mol. The van der Waals surface area contributed by atoms with Crippen LogP contribution in [0.4, 0.5) is 11.4 Å². The number of nitrogens with zero attached hydrogens (tertiary/aromatic N) is 1. The minimum absolute atomic E-state index is 0.233. The van der Waals surface area contributed by atoms with Gasteiger partial charge in [-0.2, -0.15) is 0 Å². The summed E-state index contributed by atoms with van der Waals surface area (Å²) in [5.41, 5.74) is 7.23. The molecule has 0 heterocycles. The fourth-order valence-corrected chi connectivity index (χ4v) is 1.53. The third-order valence-electron chi connectivity index (χ3n) is 2.32. The third-order valence-corrected chi connectivity index (χ3v) is 2.32. The molecule has 0 aliphatic rings. The summed E-state index contributed by atoms with van der Waals surface area (Å²) >= 11 is 0. The molecule has 0 saturated carbocycles. The first-order chi connectivity index (χ1) is 7.08. The molecule has 4 heteroatoms. The van der Waals surface area contributed by atoms with Crippen LogP contribution < -0.4 is 10.6 Å². The number of anilines is 2. The van der Waals surface area contributed by atoms with Gasteiger partial charge in [-0.15, -0.1) is 0 Å². The van der Waals surface area contributed by atoms with E-state index >= 15 is 0 Å². The molecule has 0 aliphatic carbocycles. The van der Waals surface area contributed by atoms with E-state index < -0.39 is 5.97 Å². The number of carboxylic acids is 1. The molecule has 0 unspecified atom stereocenters. The highest BCUT2D eigenvalue weighted by Crippen LogP contribution is 2.20. The van der Waals surface area contributed by atoms with E-state index in [4.69, 9.17) is 10.8 Å². The largest absolute Gasteiger partial charge is 0.478 e. The van der Waals surface area contributed by atoms with Crippen LogP contribution in [-0.4, -0.2) is 24.2 Å². The molecule has 1 aromatic carbocycles. The maximum absolute atomic E-state index is 10.8. The zero-order chi connectivity index (χ0) is 11.4. The highest BCUT2D eigenvalue weighted by Gasteiger charge is 2.08. The Bertz CT molecular complexity index is 360.